The highest BCUT2D eigenvalue weighted by molar-refractivity contribution is 7.17. The van der Waals surface area contributed by atoms with Crippen LogP contribution in [0.3, 0.4) is 0 Å². The molecule has 7 nitrogen and oxygen atoms in total. The van der Waals surface area contributed by atoms with Gasteiger partial charge in [-0.15, -0.1) is 11.3 Å². The predicted molar refractivity (Wildman–Crippen MR) is 163 cm³/mol. The quantitative estimate of drug-likeness (QED) is 0.221. The number of carbonyl (C=O) groups excluding carboxylic acids is 2. The summed E-state index contributed by atoms with van der Waals surface area (Å²) >= 11 is 1.81. The number of esters is 1. The van der Waals surface area contributed by atoms with Crippen LogP contribution in [0.15, 0.2) is 47.8 Å². The monoisotopic (exact) mass is 563 g/mol. The Labute approximate surface area is 241 Å². The van der Waals surface area contributed by atoms with E-state index in [1.165, 1.54) is 15.8 Å². The highest BCUT2D eigenvalue weighted by Crippen LogP contribution is 2.42. The number of nitrogens with zero attached hydrogens (tertiary/aromatic N) is 3. The molecule has 3 aromatic rings. The number of hydrogen-bond donors (Lipinski definition) is 0. The number of carbonyl (C=O) groups is 2. The molecule has 0 unspecified atom stereocenters. The summed E-state index contributed by atoms with van der Waals surface area (Å²) < 4.78 is 12.9. The van der Waals surface area contributed by atoms with Crippen molar-refractivity contribution in [1.82, 2.24) is 4.90 Å². The fraction of sp³-hybridized carbons (Fsp3) is 0.500. The minimum Gasteiger partial charge on any atom is -0.494 e. The molecule has 3 heterocycles. The Morgan fingerprint density at radius 3 is 2.60 bits per heavy atom. The first-order chi connectivity index (χ1) is 19.2. The Hall–Kier alpha value is -3.10. The summed E-state index contributed by atoms with van der Waals surface area (Å²) in [5.41, 5.74) is 2.91. The van der Waals surface area contributed by atoms with Crippen LogP contribution in [0, 0.1) is 5.92 Å². The van der Waals surface area contributed by atoms with E-state index in [1.54, 1.807) is 30.1 Å². The number of piperazine rings is 1. The van der Waals surface area contributed by atoms with Gasteiger partial charge in [0.05, 0.1) is 18.2 Å². The Bertz CT molecular complexity index is 1340. The van der Waals surface area contributed by atoms with Gasteiger partial charge in [0.1, 0.15) is 5.75 Å². The average Bonchev–Trinajstić information content (AvgIpc) is 3.42. The molecule has 214 valence electrons. The lowest BCUT2D eigenvalue weighted by molar-refractivity contribution is -0.147. The number of benzene rings is 2. The zero-order chi connectivity index (χ0) is 28.3. The molecule has 1 fully saturated rings. The largest absolute Gasteiger partial charge is 0.494 e. The van der Waals surface area contributed by atoms with Crippen molar-refractivity contribution in [2.45, 2.75) is 52.4 Å². The summed E-state index contributed by atoms with van der Waals surface area (Å²) in [4.78, 5) is 31.6. The molecular weight excluding hydrogens is 522 g/mol. The second kappa shape index (κ2) is 12.2. The molecule has 0 saturated carbocycles. The Kier molecular flexibility index (Phi) is 8.66. The number of hydrogen-bond acceptors (Lipinski definition) is 7. The molecule has 0 N–H and O–H groups in total. The van der Waals surface area contributed by atoms with Gasteiger partial charge in [0.2, 0.25) is 5.91 Å². The molecular formula is C32H41N3O4S. The Morgan fingerprint density at radius 2 is 1.82 bits per heavy atom. The second-order valence-electron chi connectivity index (χ2n) is 11.8. The van der Waals surface area contributed by atoms with E-state index in [4.69, 9.17) is 9.47 Å². The van der Waals surface area contributed by atoms with Crippen molar-refractivity contribution in [3.05, 3.63) is 53.4 Å². The third-order valence-corrected chi connectivity index (χ3v) is 8.90. The second-order valence-corrected chi connectivity index (χ2v) is 12.8. The van der Waals surface area contributed by atoms with Crippen LogP contribution in [0.5, 0.6) is 5.75 Å². The van der Waals surface area contributed by atoms with Crippen LogP contribution in [0.4, 0.5) is 11.4 Å². The molecule has 0 radical (unpaired) electrons. The zero-order valence-electron chi connectivity index (χ0n) is 24.2. The smallest absolute Gasteiger partial charge is 0.310 e. The maximum atomic E-state index is 12.9. The third-order valence-electron chi connectivity index (χ3n) is 8.01. The van der Waals surface area contributed by atoms with Crippen molar-refractivity contribution < 1.29 is 19.1 Å². The van der Waals surface area contributed by atoms with E-state index in [0.29, 0.717) is 13.0 Å². The molecule has 5 rings (SSSR count). The summed E-state index contributed by atoms with van der Waals surface area (Å²) in [6.45, 7) is 13.6. The van der Waals surface area contributed by atoms with Crippen molar-refractivity contribution in [2.24, 2.45) is 5.92 Å². The lowest BCUT2D eigenvalue weighted by atomic mass is 9.77. The van der Waals surface area contributed by atoms with Crippen LogP contribution in [0.25, 0.3) is 10.1 Å². The highest BCUT2D eigenvalue weighted by atomic mass is 32.1. The van der Waals surface area contributed by atoms with E-state index in [2.05, 4.69) is 53.3 Å². The molecule has 40 heavy (non-hydrogen) atoms. The molecule has 8 heteroatoms. The van der Waals surface area contributed by atoms with Gasteiger partial charge in [-0.2, -0.15) is 0 Å². The van der Waals surface area contributed by atoms with Crippen LogP contribution in [0.1, 0.15) is 52.5 Å². The van der Waals surface area contributed by atoms with Crippen LogP contribution < -0.4 is 14.5 Å². The molecule has 2 aliphatic rings. The number of amides is 1. The van der Waals surface area contributed by atoms with Crippen LogP contribution in [-0.4, -0.2) is 62.8 Å². The van der Waals surface area contributed by atoms with Gasteiger partial charge in [0, 0.05) is 59.9 Å². The first-order valence-corrected chi connectivity index (χ1v) is 15.3. The van der Waals surface area contributed by atoms with E-state index in [1.807, 2.05) is 18.2 Å². The average molecular weight is 564 g/mol. The number of fused-ring (bicyclic) bond motifs is 2. The summed E-state index contributed by atoms with van der Waals surface area (Å²) in [7, 11) is 0. The first kappa shape index (κ1) is 28.4. The van der Waals surface area contributed by atoms with E-state index >= 15 is 0 Å². The van der Waals surface area contributed by atoms with Crippen molar-refractivity contribution in [1.29, 1.82) is 0 Å². The van der Waals surface area contributed by atoms with Crippen molar-refractivity contribution >= 4 is 44.7 Å². The highest BCUT2D eigenvalue weighted by Gasteiger charge is 2.37. The lowest BCUT2D eigenvalue weighted by Gasteiger charge is -2.38. The van der Waals surface area contributed by atoms with Gasteiger partial charge in [0.25, 0.3) is 0 Å². The topological polar surface area (TPSA) is 62.3 Å². The minimum atomic E-state index is -0.312. The summed E-state index contributed by atoms with van der Waals surface area (Å²) in [6.07, 6.45) is 2.41. The van der Waals surface area contributed by atoms with E-state index in [9.17, 15) is 9.59 Å². The molecule has 0 spiro atoms. The molecule has 1 saturated heterocycles. The molecule has 1 aromatic heterocycles. The van der Waals surface area contributed by atoms with Gasteiger partial charge in [-0.05, 0) is 54.6 Å². The van der Waals surface area contributed by atoms with Gasteiger partial charge < -0.3 is 14.4 Å². The number of unbranched alkanes of at least 4 members (excludes halogenated alkanes) is 1. The fourth-order valence-electron chi connectivity index (χ4n) is 5.63. The molecule has 0 atom stereocenters. The minimum absolute atomic E-state index is 0.0432. The summed E-state index contributed by atoms with van der Waals surface area (Å²) in [5, 5.41) is 3.55. The molecule has 2 aliphatic heterocycles. The van der Waals surface area contributed by atoms with E-state index in [-0.39, 0.29) is 29.9 Å². The SMILES string of the molecule is CC(C)C(=O)OCN1C(=O)CC(C)(C)c2ccc(OCCCCN3CCN(c4cccc5sccc45)CC3)cc21. The molecule has 2 aromatic carbocycles. The van der Waals surface area contributed by atoms with E-state index < -0.39 is 0 Å². The fourth-order valence-corrected chi connectivity index (χ4v) is 6.44. The first-order valence-electron chi connectivity index (χ1n) is 14.4. The zero-order valence-corrected chi connectivity index (χ0v) is 25.0. The number of anilines is 2. The number of thiophene rings is 1. The van der Waals surface area contributed by atoms with Crippen LogP contribution in [0.2, 0.25) is 0 Å². The van der Waals surface area contributed by atoms with E-state index in [0.717, 1.165) is 62.6 Å². The maximum absolute atomic E-state index is 12.9. The summed E-state index contributed by atoms with van der Waals surface area (Å²) in [6, 6.07) is 14.8. The molecule has 1 amide bonds. The Balaban J connectivity index is 1.10. The normalized spacial score (nSPS) is 17.4. The van der Waals surface area contributed by atoms with Crippen molar-refractivity contribution in [2.75, 3.05) is 55.9 Å². The number of ether oxygens (including phenoxy) is 2. The van der Waals surface area contributed by atoms with Crippen LogP contribution >= 0.6 is 11.3 Å². The van der Waals surface area contributed by atoms with Crippen molar-refractivity contribution in [3.8, 4) is 5.75 Å². The maximum Gasteiger partial charge on any atom is 0.310 e. The lowest BCUT2D eigenvalue weighted by Crippen LogP contribution is -2.46. The summed E-state index contributed by atoms with van der Waals surface area (Å²) in [5.74, 6) is 0.141. The Morgan fingerprint density at radius 1 is 1.02 bits per heavy atom. The molecule has 0 aliphatic carbocycles. The van der Waals surface area contributed by atoms with Gasteiger partial charge in [-0.1, -0.05) is 39.8 Å². The van der Waals surface area contributed by atoms with Gasteiger partial charge >= 0.3 is 5.97 Å². The standard InChI is InChI=1S/C32H41N3O4S/c1-23(2)31(37)39-22-35-28-20-24(10-11-26(28)32(3,4)21-30(35)36)38-18-6-5-13-33-14-16-34(17-15-33)27-8-7-9-29-25(27)12-19-40-29/h7-12,19-20,23H,5-6,13-18,21-22H2,1-4H3. The van der Waals surface area contributed by atoms with Crippen molar-refractivity contribution in [3.63, 3.8) is 0 Å². The number of rotatable bonds is 10. The predicted octanol–water partition coefficient (Wildman–Crippen LogP) is 6.05. The molecule has 0 bridgehead atoms. The van der Waals surface area contributed by atoms with Gasteiger partial charge in [-0.3, -0.25) is 19.4 Å². The third kappa shape index (κ3) is 6.28. The van der Waals surface area contributed by atoms with Gasteiger partial charge in [-0.25, -0.2) is 0 Å². The van der Waals surface area contributed by atoms with Crippen LogP contribution in [-0.2, 0) is 19.7 Å². The van der Waals surface area contributed by atoms with Gasteiger partial charge in [0.15, 0.2) is 6.73 Å².